The van der Waals surface area contributed by atoms with Crippen molar-refractivity contribution in [2.45, 2.75) is 51.4 Å². The molecule has 2 aliphatic rings. The molecule has 1 aromatic rings. The SMILES string of the molecule is C[N+]1(CCCc2cccc(CCC[N+]3(C)CCCC3)c2)CCCC1.[OH-].[OH-]. The van der Waals surface area contributed by atoms with Crippen molar-refractivity contribution in [1.29, 1.82) is 0 Å². The van der Waals surface area contributed by atoms with Gasteiger partial charge < -0.3 is 19.9 Å². The Morgan fingerprint density at radius 2 is 1.08 bits per heavy atom. The van der Waals surface area contributed by atoms with Gasteiger partial charge in [-0.3, -0.25) is 0 Å². The topological polar surface area (TPSA) is 60.0 Å². The van der Waals surface area contributed by atoms with Crippen LogP contribution in [-0.2, 0) is 12.8 Å². The smallest absolute Gasteiger partial charge is 0.0787 e. The molecule has 0 bridgehead atoms. The largest absolute Gasteiger partial charge is 0.870 e. The molecule has 2 fully saturated rings. The molecule has 2 saturated heterocycles. The van der Waals surface area contributed by atoms with Crippen molar-refractivity contribution in [1.82, 2.24) is 0 Å². The summed E-state index contributed by atoms with van der Waals surface area (Å²) in [5.74, 6) is 0. The minimum atomic E-state index is 0. The molecular formula is C22H40N2O2. The molecule has 1 aromatic carbocycles. The Labute approximate surface area is 160 Å². The van der Waals surface area contributed by atoms with Crippen LogP contribution in [0.4, 0.5) is 0 Å². The first-order chi connectivity index (χ1) is 11.6. The second-order valence-electron chi connectivity index (χ2n) is 9.02. The molecule has 2 heterocycles. The standard InChI is InChI=1S/C22H38N2.2H2O/c1-23(14-3-4-15-23)18-8-12-21-10-7-11-22(20-21)13-9-19-24(2)16-5-6-17-24;;/h7,10-11,20H,3-6,8-9,12-19H2,1-2H3;2*1H2/q+2;;/p-2. The highest BCUT2D eigenvalue weighted by Crippen LogP contribution is 2.19. The van der Waals surface area contributed by atoms with E-state index in [1.807, 2.05) is 0 Å². The van der Waals surface area contributed by atoms with Crippen LogP contribution in [0, 0.1) is 0 Å². The van der Waals surface area contributed by atoms with Crippen LogP contribution >= 0.6 is 0 Å². The second kappa shape index (κ2) is 10.4. The minimum absolute atomic E-state index is 0. The molecule has 0 saturated carbocycles. The third-order valence-corrected chi connectivity index (χ3v) is 6.61. The minimum Gasteiger partial charge on any atom is -0.870 e. The molecule has 0 radical (unpaired) electrons. The molecule has 150 valence electrons. The fraction of sp³-hybridized carbons (Fsp3) is 0.727. The number of hydrogen-bond acceptors (Lipinski definition) is 2. The van der Waals surface area contributed by atoms with Gasteiger partial charge >= 0.3 is 0 Å². The van der Waals surface area contributed by atoms with Gasteiger partial charge in [-0.25, -0.2) is 0 Å². The van der Waals surface area contributed by atoms with Crippen molar-refractivity contribution < 1.29 is 19.9 Å². The zero-order valence-corrected chi connectivity index (χ0v) is 17.0. The zero-order valence-electron chi connectivity index (χ0n) is 17.0. The molecule has 0 amide bonds. The Morgan fingerprint density at radius 3 is 1.46 bits per heavy atom. The van der Waals surface area contributed by atoms with Crippen molar-refractivity contribution in [3.8, 4) is 0 Å². The van der Waals surface area contributed by atoms with E-state index in [4.69, 9.17) is 0 Å². The van der Waals surface area contributed by atoms with Gasteiger partial charge in [0.2, 0.25) is 0 Å². The van der Waals surface area contributed by atoms with Crippen molar-refractivity contribution in [3.05, 3.63) is 35.4 Å². The maximum atomic E-state index is 2.48. The predicted octanol–water partition coefficient (Wildman–Crippen LogP) is 3.68. The maximum Gasteiger partial charge on any atom is 0.0787 e. The fourth-order valence-electron chi connectivity index (χ4n) is 4.92. The van der Waals surface area contributed by atoms with Crippen molar-refractivity contribution in [3.63, 3.8) is 0 Å². The lowest BCUT2D eigenvalue weighted by atomic mass is 10.0. The average molecular weight is 365 g/mol. The highest BCUT2D eigenvalue weighted by atomic mass is 16.0. The van der Waals surface area contributed by atoms with E-state index >= 15 is 0 Å². The number of hydrogen-bond donors (Lipinski definition) is 0. The van der Waals surface area contributed by atoms with Crippen LogP contribution in [0.15, 0.2) is 24.3 Å². The summed E-state index contributed by atoms with van der Waals surface area (Å²) in [6, 6.07) is 9.43. The number of nitrogens with zero attached hydrogens (tertiary/aromatic N) is 2. The van der Waals surface area contributed by atoms with Crippen LogP contribution in [0.25, 0.3) is 0 Å². The van der Waals surface area contributed by atoms with Crippen LogP contribution in [0.3, 0.4) is 0 Å². The lowest BCUT2D eigenvalue weighted by Gasteiger charge is -2.29. The molecule has 0 spiro atoms. The highest BCUT2D eigenvalue weighted by molar-refractivity contribution is 5.23. The van der Waals surface area contributed by atoms with E-state index in [0.29, 0.717) is 0 Å². The summed E-state index contributed by atoms with van der Waals surface area (Å²) in [7, 11) is 4.90. The third kappa shape index (κ3) is 6.66. The van der Waals surface area contributed by atoms with E-state index in [1.54, 1.807) is 11.1 Å². The van der Waals surface area contributed by atoms with Gasteiger partial charge in [0.25, 0.3) is 0 Å². The van der Waals surface area contributed by atoms with Crippen molar-refractivity contribution in [2.24, 2.45) is 0 Å². The van der Waals surface area contributed by atoms with Crippen LogP contribution in [-0.4, -0.2) is 73.3 Å². The van der Waals surface area contributed by atoms with Gasteiger partial charge in [-0.2, -0.15) is 0 Å². The van der Waals surface area contributed by atoms with Crippen LogP contribution in [0.5, 0.6) is 0 Å². The molecular weight excluding hydrogens is 324 g/mol. The molecule has 2 aliphatic heterocycles. The van der Waals surface area contributed by atoms with Gasteiger partial charge in [-0.1, -0.05) is 24.3 Å². The molecule has 0 aromatic heterocycles. The van der Waals surface area contributed by atoms with E-state index in [2.05, 4.69) is 38.4 Å². The summed E-state index contributed by atoms with van der Waals surface area (Å²) < 4.78 is 2.63. The van der Waals surface area contributed by atoms with Gasteiger partial charge in [-0.15, -0.1) is 0 Å². The summed E-state index contributed by atoms with van der Waals surface area (Å²) in [4.78, 5) is 0. The monoisotopic (exact) mass is 364 g/mol. The molecule has 4 heteroatoms. The zero-order chi connectivity index (χ0) is 16.9. The van der Waals surface area contributed by atoms with Crippen LogP contribution in [0.2, 0.25) is 0 Å². The third-order valence-electron chi connectivity index (χ3n) is 6.61. The maximum absolute atomic E-state index is 2.48. The number of quaternary nitrogens is 2. The quantitative estimate of drug-likeness (QED) is 0.661. The lowest BCUT2D eigenvalue weighted by Crippen LogP contribution is -2.41. The molecule has 2 N–H and O–H groups in total. The summed E-state index contributed by atoms with van der Waals surface area (Å²) in [6.07, 6.45) is 10.9. The van der Waals surface area contributed by atoms with Crippen LogP contribution < -0.4 is 0 Å². The molecule has 26 heavy (non-hydrogen) atoms. The van der Waals surface area contributed by atoms with Crippen molar-refractivity contribution >= 4 is 0 Å². The molecule has 0 unspecified atom stereocenters. The fourth-order valence-corrected chi connectivity index (χ4v) is 4.92. The van der Waals surface area contributed by atoms with Gasteiger partial charge in [0.15, 0.2) is 0 Å². The van der Waals surface area contributed by atoms with E-state index in [-0.39, 0.29) is 11.0 Å². The Balaban J connectivity index is 0.00000169. The van der Waals surface area contributed by atoms with Crippen molar-refractivity contribution in [2.75, 3.05) is 53.4 Å². The molecule has 0 aliphatic carbocycles. The first kappa shape index (κ1) is 23.1. The van der Waals surface area contributed by atoms with E-state index in [0.717, 1.165) is 0 Å². The first-order valence-corrected chi connectivity index (χ1v) is 10.3. The number of benzene rings is 1. The Bertz CT molecular complexity index is 477. The van der Waals surface area contributed by atoms with E-state index < -0.39 is 0 Å². The lowest BCUT2D eigenvalue weighted by molar-refractivity contribution is -0.897. The summed E-state index contributed by atoms with van der Waals surface area (Å²) >= 11 is 0. The average Bonchev–Trinajstić information content (AvgIpc) is 3.17. The molecule has 4 nitrogen and oxygen atoms in total. The Hall–Kier alpha value is -0.940. The van der Waals surface area contributed by atoms with Gasteiger partial charge in [0.1, 0.15) is 0 Å². The first-order valence-electron chi connectivity index (χ1n) is 10.3. The van der Waals surface area contributed by atoms with Gasteiger partial charge in [0.05, 0.1) is 53.4 Å². The second-order valence-corrected chi connectivity index (χ2v) is 9.02. The molecule has 3 rings (SSSR count). The number of likely N-dealkylation sites (tertiary alicyclic amines) is 2. The Kier molecular flexibility index (Phi) is 9.25. The van der Waals surface area contributed by atoms with Gasteiger partial charge in [0, 0.05) is 38.5 Å². The summed E-state index contributed by atoms with van der Waals surface area (Å²) in [5, 5.41) is 0. The normalized spacial score (nSPS) is 20.4. The molecule has 0 atom stereocenters. The van der Waals surface area contributed by atoms with Gasteiger partial charge in [-0.05, 0) is 24.0 Å². The number of aryl methyl sites for hydroxylation is 2. The van der Waals surface area contributed by atoms with E-state index in [9.17, 15) is 0 Å². The van der Waals surface area contributed by atoms with E-state index in [1.165, 1.54) is 99.6 Å². The van der Waals surface area contributed by atoms with Crippen LogP contribution in [0.1, 0.15) is 49.7 Å². The summed E-state index contributed by atoms with van der Waals surface area (Å²) in [6.45, 7) is 8.32. The number of rotatable bonds is 8. The predicted molar refractivity (Wildman–Crippen MR) is 107 cm³/mol. The Morgan fingerprint density at radius 1 is 0.692 bits per heavy atom. The highest BCUT2D eigenvalue weighted by Gasteiger charge is 2.26. The summed E-state index contributed by atoms with van der Waals surface area (Å²) in [5.41, 5.74) is 3.11.